The van der Waals surface area contributed by atoms with E-state index in [1.807, 2.05) is 0 Å². The van der Waals surface area contributed by atoms with Gasteiger partial charge in [0.05, 0.1) is 18.8 Å². The number of rotatable bonds is 10. The molecular formula is C23H28N6O4. The number of benzene rings is 1. The molecule has 174 valence electrons. The predicted molar refractivity (Wildman–Crippen MR) is 125 cm³/mol. The zero-order chi connectivity index (χ0) is 24.0. The van der Waals surface area contributed by atoms with Gasteiger partial charge in [-0.15, -0.1) is 0 Å². The quantitative estimate of drug-likeness (QED) is 0.238. The molecule has 0 atom stereocenters. The highest BCUT2D eigenvalue weighted by molar-refractivity contribution is 6.45. The molecule has 0 bridgehead atoms. The van der Waals surface area contributed by atoms with Crippen LogP contribution in [0.15, 0.2) is 53.7 Å². The third-order valence-corrected chi connectivity index (χ3v) is 5.04. The Labute approximate surface area is 192 Å². The molecule has 0 unspecified atom stereocenters. The Morgan fingerprint density at radius 3 is 2.70 bits per heavy atom. The summed E-state index contributed by atoms with van der Waals surface area (Å²) in [5.41, 5.74) is 6.19. The summed E-state index contributed by atoms with van der Waals surface area (Å²) in [5.74, 6) is -0.640. The summed E-state index contributed by atoms with van der Waals surface area (Å²) in [6, 6.07) is 6.97. The number of carbonyl (C=O) groups is 3. The largest absolute Gasteiger partial charge is 0.487 e. The lowest BCUT2D eigenvalue weighted by Gasteiger charge is -2.38. The maximum absolute atomic E-state index is 12.2. The molecule has 1 saturated heterocycles. The second-order valence-electron chi connectivity index (χ2n) is 7.78. The zero-order valence-corrected chi connectivity index (χ0v) is 18.5. The minimum absolute atomic E-state index is 0.0858. The van der Waals surface area contributed by atoms with Gasteiger partial charge in [0.15, 0.2) is 0 Å². The molecule has 1 heterocycles. The fraction of sp³-hybridized carbons (Fsp3) is 0.348. The summed E-state index contributed by atoms with van der Waals surface area (Å²) >= 11 is 0. The fourth-order valence-electron chi connectivity index (χ4n) is 3.09. The summed E-state index contributed by atoms with van der Waals surface area (Å²) in [5, 5.41) is 13.8. The number of hydrogen-bond donors (Lipinski definition) is 4. The molecule has 0 spiro atoms. The highest BCUT2D eigenvalue weighted by Crippen LogP contribution is 2.30. The zero-order valence-electron chi connectivity index (χ0n) is 18.5. The van der Waals surface area contributed by atoms with E-state index in [4.69, 9.17) is 15.9 Å². The third kappa shape index (κ3) is 6.52. The van der Waals surface area contributed by atoms with Crippen LogP contribution in [0.3, 0.4) is 0 Å². The van der Waals surface area contributed by atoms with Crippen LogP contribution in [-0.4, -0.2) is 59.9 Å². The van der Waals surface area contributed by atoms with E-state index in [1.54, 1.807) is 36.1 Å². The number of anilines is 1. The Bertz CT molecular complexity index is 1020. The van der Waals surface area contributed by atoms with Gasteiger partial charge in [0.2, 0.25) is 5.91 Å². The van der Waals surface area contributed by atoms with Crippen molar-refractivity contribution < 1.29 is 19.1 Å². The topological polar surface area (TPSA) is 150 Å². The van der Waals surface area contributed by atoms with Crippen molar-refractivity contribution in [3.63, 3.8) is 0 Å². The van der Waals surface area contributed by atoms with Crippen molar-refractivity contribution in [2.45, 2.75) is 25.9 Å². The number of aliphatic imine (C=N–C) groups is 1. The van der Waals surface area contributed by atoms with Crippen LogP contribution in [0, 0.1) is 11.3 Å². The van der Waals surface area contributed by atoms with Crippen LogP contribution < -0.4 is 21.1 Å². The normalized spacial score (nSPS) is 16.5. The minimum atomic E-state index is -0.591. The van der Waals surface area contributed by atoms with Crippen molar-refractivity contribution in [3.05, 3.63) is 48.7 Å². The first-order chi connectivity index (χ1) is 15.8. The molecule has 10 heteroatoms. The molecule has 1 aliphatic heterocycles. The van der Waals surface area contributed by atoms with Crippen LogP contribution >= 0.6 is 0 Å². The first-order valence-electron chi connectivity index (χ1n) is 10.7. The summed E-state index contributed by atoms with van der Waals surface area (Å²) < 4.78 is 5.90. The van der Waals surface area contributed by atoms with Crippen molar-refractivity contribution in [2.75, 3.05) is 25.0 Å². The van der Waals surface area contributed by atoms with E-state index in [9.17, 15) is 14.4 Å². The standard InChI is InChI=1S/C23H28N6O4/c1-3-20(30)29-12-17(13-29)33-16-7-5-6-15(10-16)27-18(21(25)23(32)26-4-2)11-19(24)28-22(31)14-8-9-14/h3,5-7,10-11,14,17,25,27H,1,4,8-9,12-13H2,2H3,(H,26,32)(H2,24,28,31)/b18-11+,25-21?. The lowest BCUT2D eigenvalue weighted by molar-refractivity contribution is -0.134. The van der Waals surface area contributed by atoms with E-state index in [1.165, 1.54) is 12.2 Å². The fourth-order valence-corrected chi connectivity index (χ4v) is 3.09. The second kappa shape index (κ2) is 10.6. The van der Waals surface area contributed by atoms with Gasteiger partial charge in [-0.05, 0) is 38.0 Å². The van der Waals surface area contributed by atoms with Crippen molar-refractivity contribution in [3.8, 4) is 5.75 Å². The molecule has 10 nitrogen and oxygen atoms in total. The lowest BCUT2D eigenvalue weighted by atomic mass is 10.1. The third-order valence-electron chi connectivity index (χ3n) is 5.04. The summed E-state index contributed by atoms with van der Waals surface area (Å²) in [6.45, 7) is 6.51. The number of ether oxygens (including phenoxy) is 1. The van der Waals surface area contributed by atoms with Gasteiger partial charge in [0, 0.05) is 30.3 Å². The molecule has 3 amide bonds. The monoisotopic (exact) mass is 452 g/mol. The molecule has 3 rings (SSSR count). The maximum atomic E-state index is 12.2. The Hall–Kier alpha value is -3.95. The Balaban J connectivity index is 1.73. The van der Waals surface area contributed by atoms with Crippen molar-refractivity contribution in [1.82, 2.24) is 10.2 Å². The van der Waals surface area contributed by atoms with Crippen molar-refractivity contribution >= 4 is 35.0 Å². The van der Waals surface area contributed by atoms with E-state index in [0.717, 1.165) is 12.8 Å². The van der Waals surface area contributed by atoms with Crippen LogP contribution in [0.4, 0.5) is 5.69 Å². The van der Waals surface area contributed by atoms with E-state index >= 15 is 0 Å². The minimum Gasteiger partial charge on any atom is -0.487 e. The summed E-state index contributed by atoms with van der Waals surface area (Å²) in [4.78, 5) is 41.2. The van der Waals surface area contributed by atoms with Gasteiger partial charge in [0.1, 0.15) is 23.4 Å². The smallest absolute Gasteiger partial charge is 0.271 e. The number of likely N-dealkylation sites (tertiary alicyclic amines) is 1. The van der Waals surface area contributed by atoms with E-state index in [-0.39, 0.29) is 41.1 Å². The van der Waals surface area contributed by atoms with Gasteiger partial charge in [-0.25, -0.2) is 0 Å². The lowest BCUT2D eigenvalue weighted by Crippen LogP contribution is -2.55. The van der Waals surface area contributed by atoms with Gasteiger partial charge in [-0.2, -0.15) is 4.99 Å². The molecule has 5 N–H and O–H groups in total. The maximum Gasteiger partial charge on any atom is 0.271 e. The molecule has 0 aromatic heterocycles. The number of amides is 3. The Morgan fingerprint density at radius 2 is 2.06 bits per heavy atom. The molecule has 33 heavy (non-hydrogen) atoms. The Morgan fingerprint density at radius 1 is 1.33 bits per heavy atom. The van der Waals surface area contributed by atoms with Gasteiger partial charge < -0.3 is 26.0 Å². The van der Waals surface area contributed by atoms with Crippen LogP contribution in [0.1, 0.15) is 19.8 Å². The Kier molecular flexibility index (Phi) is 7.60. The van der Waals surface area contributed by atoms with Crippen molar-refractivity contribution in [1.29, 1.82) is 5.41 Å². The average molecular weight is 453 g/mol. The predicted octanol–water partition coefficient (Wildman–Crippen LogP) is 1.21. The molecule has 1 saturated carbocycles. The molecule has 2 aliphatic rings. The molecule has 1 aromatic rings. The molecule has 2 fully saturated rings. The second-order valence-corrected chi connectivity index (χ2v) is 7.78. The average Bonchev–Trinajstić information content (AvgIpc) is 3.60. The summed E-state index contributed by atoms with van der Waals surface area (Å²) in [7, 11) is 0. The van der Waals surface area contributed by atoms with Gasteiger partial charge in [0.25, 0.3) is 11.8 Å². The van der Waals surface area contributed by atoms with Crippen LogP contribution in [0.25, 0.3) is 0 Å². The van der Waals surface area contributed by atoms with E-state index in [0.29, 0.717) is 31.1 Å². The van der Waals surface area contributed by atoms with Crippen molar-refractivity contribution in [2.24, 2.45) is 16.6 Å². The molecular weight excluding hydrogens is 424 g/mol. The van der Waals surface area contributed by atoms with E-state index in [2.05, 4.69) is 22.2 Å². The summed E-state index contributed by atoms with van der Waals surface area (Å²) in [6.07, 6.45) is 4.03. The van der Waals surface area contributed by atoms with Crippen LogP contribution in [0.2, 0.25) is 0 Å². The first kappa shape index (κ1) is 23.7. The van der Waals surface area contributed by atoms with Gasteiger partial charge >= 0.3 is 0 Å². The van der Waals surface area contributed by atoms with Crippen LogP contribution in [-0.2, 0) is 14.4 Å². The highest BCUT2D eigenvalue weighted by atomic mass is 16.5. The number of carbonyl (C=O) groups excluding carboxylic acids is 3. The van der Waals surface area contributed by atoms with Crippen LogP contribution in [0.5, 0.6) is 5.75 Å². The number of hydrogen-bond acceptors (Lipinski definition) is 6. The number of nitrogens with zero attached hydrogens (tertiary/aromatic N) is 2. The number of nitrogens with one attached hydrogen (secondary N) is 3. The molecule has 0 radical (unpaired) electrons. The molecule has 1 aliphatic carbocycles. The van der Waals surface area contributed by atoms with E-state index < -0.39 is 5.91 Å². The molecule has 1 aromatic carbocycles. The highest BCUT2D eigenvalue weighted by Gasteiger charge is 2.31. The number of amidine groups is 1. The number of nitrogens with two attached hydrogens (primary N) is 1. The first-order valence-corrected chi connectivity index (χ1v) is 10.7. The van der Waals surface area contributed by atoms with Gasteiger partial charge in [-0.3, -0.25) is 19.8 Å². The van der Waals surface area contributed by atoms with Gasteiger partial charge in [-0.1, -0.05) is 12.6 Å². The SMILES string of the molecule is C=CC(=O)N1CC(Oc2cccc(N/C(=C/C(N)=NC(=O)C3CC3)C(=N)C(=O)NCC)c2)C1.